The van der Waals surface area contributed by atoms with E-state index < -0.39 is 0 Å². The molecule has 0 bridgehead atoms. The highest BCUT2D eigenvalue weighted by molar-refractivity contribution is 5.93. The minimum Gasteiger partial charge on any atom is -0.326 e. The van der Waals surface area contributed by atoms with E-state index in [1.165, 1.54) is 0 Å². The van der Waals surface area contributed by atoms with Crippen LogP contribution in [0.2, 0.25) is 0 Å². The molecule has 1 N–H and O–H groups in total. The average molecular weight is 218 g/mol. The van der Waals surface area contributed by atoms with Crippen molar-refractivity contribution in [3.05, 3.63) is 34.2 Å². The zero-order valence-electron chi connectivity index (χ0n) is 9.40. The van der Waals surface area contributed by atoms with E-state index in [0.29, 0.717) is 17.8 Å². The van der Waals surface area contributed by atoms with Crippen molar-refractivity contribution in [2.45, 2.75) is 26.7 Å². The Bertz CT molecular complexity index is 436. The zero-order valence-corrected chi connectivity index (χ0v) is 9.40. The van der Waals surface area contributed by atoms with Crippen LogP contribution in [0.15, 0.2) is 23.3 Å². The molecule has 0 saturated carbocycles. The van der Waals surface area contributed by atoms with Gasteiger partial charge >= 0.3 is 0 Å². The Hall–Kier alpha value is -2.00. The predicted octanol–water partition coefficient (Wildman–Crippen LogP) is 3.68. The third-order valence-corrected chi connectivity index (χ3v) is 2.06. The van der Waals surface area contributed by atoms with Crippen LogP contribution in [-0.2, 0) is 4.79 Å². The molecule has 1 rings (SSSR count). The van der Waals surface area contributed by atoms with E-state index in [0.717, 1.165) is 12.0 Å². The molecule has 0 fully saturated rings. The quantitative estimate of drug-likeness (QED) is 0.467. The first-order chi connectivity index (χ1) is 7.67. The fraction of sp³-hybridized carbons (Fsp3) is 0.364. The predicted molar refractivity (Wildman–Crippen MR) is 63.5 cm³/mol. The van der Waals surface area contributed by atoms with Gasteiger partial charge in [-0.1, -0.05) is 23.7 Å². The standard InChI is InChI=1S/C11H14N4O/c1-3-4-11(16)13-9-6-5-8(2)7-10(9)14-15-12/h5-7H,3-4H2,1-2H3,(H,13,16). The van der Waals surface area contributed by atoms with Gasteiger partial charge in [0.2, 0.25) is 5.91 Å². The molecule has 0 atom stereocenters. The van der Waals surface area contributed by atoms with Crippen LogP contribution in [0.4, 0.5) is 11.4 Å². The summed E-state index contributed by atoms with van der Waals surface area (Å²) in [6.07, 6.45) is 1.25. The first kappa shape index (κ1) is 12.1. The molecular weight excluding hydrogens is 204 g/mol. The Morgan fingerprint density at radius 2 is 2.31 bits per heavy atom. The average Bonchev–Trinajstić information content (AvgIpc) is 2.23. The molecule has 0 radical (unpaired) electrons. The maximum absolute atomic E-state index is 11.4. The molecule has 1 aromatic rings. The molecule has 16 heavy (non-hydrogen) atoms. The summed E-state index contributed by atoms with van der Waals surface area (Å²) in [7, 11) is 0. The number of carbonyl (C=O) groups is 1. The van der Waals surface area contributed by atoms with Gasteiger partial charge in [0.05, 0.1) is 11.4 Å². The molecule has 0 aliphatic heterocycles. The van der Waals surface area contributed by atoms with E-state index in [1.54, 1.807) is 12.1 Å². The third kappa shape index (κ3) is 3.29. The number of aryl methyl sites for hydroxylation is 1. The molecule has 0 spiro atoms. The highest BCUT2D eigenvalue weighted by atomic mass is 16.1. The Kier molecular flexibility index (Phi) is 4.36. The summed E-state index contributed by atoms with van der Waals surface area (Å²) in [5.41, 5.74) is 10.4. The van der Waals surface area contributed by atoms with Crippen molar-refractivity contribution >= 4 is 17.3 Å². The number of nitrogens with one attached hydrogen (secondary N) is 1. The third-order valence-electron chi connectivity index (χ3n) is 2.06. The zero-order chi connectivity index (χ0) is 12.0. The molecule has 84 valence electrons. The summed E-state index contributed by atoms with van der Waals surface area (Å²) in [6.45, 7) is 3.83. The molecule has 0 aliphatic carbocycles. The Morgan fingerprint density at radius 3 is 2.94 bits per heavy atom. The molecule has 1 amide bonds. The molecule has 0 unspecified atom stereocenters. The number of hydrogen-bond donors (Lipinski definition) is 1. The van der Waals surface area contributed by atoms with Crippen LogP contribution in [0.25, 0.3) is 10.4 Å². The van der Waals surface area contributed by atoms with Crippen LogP contribution in [0, 0.1) is 6.92 Å². The molecule has 0 saturated heterocycles. The summed E-state index contributed by atoms with van der Waals surface area (Å²) >= 11 is 0. The fourth-order valence-corrected chi connectivity index (χ4v) is 1.32. The summed E-state index contributed by atoms with van der Waals surface area (Å²) in [6, 6.07) is 5.34. The van der Waals surface area contributed by atoms with E-state index in [9.17, 15) is 4.79 Å². The van der Waals surface area contributed by atoms with E-state index in [4.69, 9.17) is 5.53 Å². The van der Waals surface area contributed by atoms with Crippen LogP contribution < -0.4 is 5.32 Å². The van der Waals surface area contributed by atoms with Crippen LogP contribution in [0.5, 0.6) is 0 Å². The van der Waals surface area contributed by atoms with Crippen molar-refractivity contribution in [3.63, 3.8) is 0 Å². The number of carbonyl (C=O) groups excluding carboxylic acids is 1. The van der Waals surface area contributed by atoms with Crippen LogP contribution in [0.1, 0.15) is 25.3 Å². The molecule has 0 heterocycles. The Labute approximate surface area is 94.1 Å². The van der Waals surface area contributed by atoms with Crippen LogP contribution in [0.3, 0.4) is 0 Å². The SMILES string of the molecule is CCCC(=O)Nc1ccc(C)cc1N=[N+]=[N-]. The summed E-state index contributed by atoms with van der Waals surface area (Å²) in [5.74, 6) is -0.0688. The van der Waals surface area contributed by atoms with Crippen molar-refractivity contribution < 1.29 is 4.79 Å². The summed E-state index contributed by atoms with van der Waals surface area (Å²) in [4.78, 5) is 14.1. The van der Waals surface area contributed by atoms with Gasteiger partial charge in [-0.15, -0.1) is 0 Å². The van der Waals surface area contributed by atoms with Crippen molar-refractivity contribution in [1.29, 1.82) is 0 Å². The van der Waals surface area contributed by atoms with Crippen molar-refractivity contribution in [2.75, 3.05) is 5.32 Å². The lowest BCUT2D eigenvalue weighted by Gasteiger charge is -2.07. The number of hydrogen-bond acceptors (Lipinski definition) is 2. The second-order valence-electron chi connectivity index (χ2n) is 3.51. The molecule has 0 aromatic heterocycles. The van der Waals surface area contributed by atoms with Gasteiger partial charge in [0, 0.05) is 11.3 Å². The number of azide groups is 1. The van der Waals surface area contributed by atoms with Crippen molar-refractivity contribution in [3.8, 4) is 0 Å². The summed E-state index contributed by atoms with van der Waals surface area (Å²) < 4.78 is 0. The van der Waals surface area contributed by atoms with Crippen LogP contribution in [-0.4, -0.2) is 5.91 Å². The minimum atomic E-state index is -0.0688. The van der Waals surface area contributed by atoms with Gasteiger partial charge < -0.3 is 5.32 Å². The second kappa shape index (κ2) is 5.78. The van der Waals surface area contributed by atoms with Gasteiger partial charge in [-0.25, -0.2) is 0 Å². The first-order valence-corrected chi connectivity index (χ1v) is 5.13. The smallest absolute Gasteiger partial charge is 0.224 e. The van der Waals surface area contributed by atoms with Gasteiger partial charge in [-0.2, -0.15) is 0 Å². The fourth-order valence-electron chi connectivity index (χ4n) is 1.32. The Morgan fingerprint density at radius 1 is 1.56 bits per heavy atom. The van der Waals surface area contributed by atoms with Gasteiger partial charge in [0.1, 0.15) is 0 Å². The maximum atomic E-state index is 11.4. The largest absolute Gasteiger partial charge is 0.326 e. The number of benzene rings is 1. The lowest BCUT2D eigenvalue weighted by atomic mass is 10.2. The molecule has 0 aliphatic rings. The van der Waals surface area contributed by atoms with Gasteiger partial charge in [-0.3, -0.25) is 4.79 Å². The van der Waals surface area contributed by atoms with E-state index in [-0.39, 0.29) is 5.91 Å². The lowest BCUT2D eigenvalue weighted by molar-refractivity contribution is -0.116. The monoisotopic (exact) mass is 218 g/mol. The topological polar surface area (TPSA) is 77.9 Å². The highest BCUT2D eigenvalue weighted by Gasteiger charge is 2.05. The maximum Gasteiger partial charge on any atom is 0.224 e. The van der Waals surface area contributed by atoms with Gasteiger partial charge in [-0.05, 0) is 31.0 Å². The molecule has 5 heteroatoms. The summed E-state index contributed by atoms with van der Waals surface area (Å²) in [5, 5.41) is 6.27. The molecule has 5 nitrogen and oxygen atoms in total. The minimum absolute atomic E-state index is 0.0688. The molecular formula is C11H14N4O. The lowest BCUT2D eigenvalue weighted by Crippen LogP contribution is -2.10. The van der Waals surface area contributed by atoms with E-state index in [2.05, 4.69) is 15.3 Å². The van der Waals surface area contributed by atoms with E-state index in [1.807, 2.05) is 19.9 Å². The van der Waals surface area contributed by atoms with Gasteiger partial charge in [0.15, 0.2) is 0 Å². The normalized spacial score (nSPS) is 9.38. The number of amides is 1. The van der Waals surface area contributed by atoms with Gasteiger partial charge in [0.25, 0.3) is 0 Å². The number of nitrogens with zero attached hydrogens (tertiary/aromatic N) is 3. The Balaban J connectivity index is 2.94. The second-order valence-corrected chi connectivity index (χ2v) is 3.51. The number of rotatable bonds is 4. The van der Waals surface area contributed by atoms with E-state index >= 15 is 0 Å². The highest BCUT2D eigenvalue weighted by Crippen LogP contribution is 2.26. The van der Waals surface area contributed by atoms with Crippen molar-refractivity contribution in [1.82, 2.24) is 0 Å². The first-order valence-electron chi connectivity index (χ1n) is 5.13. The van der Waals surface area contributed by atoms with Crippen LogP contribution >= 0.6 is 0 Å². The number of anilines is 1. The van der Waals surface area contributed by atoms with Crippen molar-refractivity contribution in [2.24, 2.45) is 5.11 Å². The molecule has 1 aromatic carbocycles.